The highest BCUT2D eigenvalue weighted by molar-refractivity contribution is 6.35. The standard InChI is InChI=1S/C9H7Cl2F2NO2.ClH/c10-4-1-2-5(6(11)3-4)7(14)9(12,13)8(15)16;/h1-3,7H,14H2,(H,15,16);1H/t7-;/m1./s1. The quantitative estimate of drug-likeness (QED) is 0.902. The van der Waals surface area contributed by atoms with Gasteiger partial charge in [-0.25, -0.2) is 4.79 Å². The predicted octanol–water partition coefficient (Wildman–Crippen LogP) is 3.13. The van der Waals surface area contributed by atoms with Gasteiger partial charge in [0.15, 0.2) is 0 Å². The van der Waals surface area contributed by atoms with Gasteiger partial charge in [-0.05, 0) is 17.7 Å². The molecule has 0 heterocycles. The number of alkyl halides is 2. The van der Waals surface area contributed by atoms with Crippen molar-refractivity contribution in [3.8, 4) is 0 Å². The summed E-state index contributed by atoms with van der Waals surface area (Å²) in [6, 6.07) is 1.68. The lowest BCUT2D eigenvalue weighted by molar-refractivity contribution is -0.168. The zero-order valence-corrected chi connectivity index (χ0v) is 10.5. The van der Waals surface area contributed by atoms with Crippen LogP contribution in [-0.4, -0.2) is 17.0 Å². The van der Waals surface area contributed by atoms with Crippen molar-refractivity contribution in [2.24, 2.45) is 5.73 Å². The molecule has 0 bridgehead atoms. The second kappa shape index (κ2) is 5.82. The zero-order chi connectivity index (χ0) is 12.5. The number of rotatable bonds is 3. The number of benzene rings is 1. The Morgan fingerprint density at radius 3 is 2.35 bits per heavy atom. The van der Waals surface area contributed by atoms with Gasteiger partial charge in [0.25, 0.3) is 0 Å². The number of hydrogen-bond acceptors (Lipinski definition) is 2. The van der Waals surface area contributed by atoms with Gasteiger partial charge in [-0.1, -0.05) is 29.3 Å². The number of nitrogens with two attached hydrogens (primary N) is 1. The van der Waals surface area contributed by atoms with Crippen LogP contribution in [0.1, 0.15) is 11.6 Å². The first-order valence-corrected chi connectivity index (χ1v) is 4.84. The van der Waals surface area contributed by atoms with Crippen LogP contribution in [0.25, 0.3) is 0 Å². The molecule has 17 heavy (non-hydrogen) atoms. The molecule has 8 heteroatoms. The van der Waals surface area contributed by atoms with E-state index in [2.05, 4.69) is 0 Å². The Morgan fingerprint density at radius 2 is 1.94 bits per heavy atom. The van der Waals surface area contributed by atoms with Gasteiger partial charge in [-0.2, -0.15) is 8.78 Å². The molecule has 96 valence electrons. The van der Waals surface area contributed by atoms with E-state index in [4.69, 9.17) is 34.0 Å². The molecule has 3 nitrogen and oxygen atoms in total. The van der Waals surface area contributed by atoms with Crippen molar-refractivity contribution in [3.05, 3.63) is 33.8 Å². The maximum absolute atomic E-state index is 13.1. The molecule has 1 aromatic carbocycles. The maximum Gasteiger partial charge on any atom is 0.376 e. The molecular weight excluding hydrogens is 298 g/mol. The summed E-state index contributed by atoms with van der Waals surface area (Å²) < 4.78 is 26.2. The molecule has 0 saturated heterocycles. The summed E-state index contributed by atoms with van der Waals surface area (Å²) >= 11 is 11.2. The Kier molecular flexibility index (Phi) is 5.61. The number of aliphatic carboxylic acids is 1. The lowest BCUT2D eigenvalue weighted by Gasteiger charge is -2.20. The highest BCUT2D eigenvalue weighted by atomic mass is 35.5. The zero-order valence-electron chi connectivity index (χ0n) is 8.16. The summed E-state index contributed by atoms with van der Waals surface area (Å²) in [5.74, 6) is -6.39. The molecule has 0 unspecified atom stereocenters. The monoisotopic (exact) mass is 305 g/mol. The van der Waals surface area contributed by atoms with Gasteiger partial charge in [0, 0.05) is 10.0 Å². The third-order valence-electron chi connectivity index (χ3n) is 1.97. The maximum atomic E-state index is 13.1. The van der Waals surface area contributed by atoms with E-state index in [1.54, 1.807) is 0 Å². The predicted molar refractivity (Wildman–Crippen MR) is 63.2 cm³/mol. The fraction of sp³-hybridized carbons (Fsp3) is 0.222. The summed E-state index contributed by atoms with van der Waals surface area (Å²) in [6.45, 7) is 0. The van der Waals surface area contributed by atoms with Crippen LogP contribution in [0.3, 0.4) is 0 Å². The molecular formula is C9H8Cl3F2NO2. The number of carboxylic acids is 1. The number of carbonyl (C=O) groups is 1. The van der Waals surface area contributed by atoms with Gasteiger partial charge < -0.3 is 10.8 Å². The minimum atomic E-state index is -4.09. The van der Waals surface area contributed by atoms with Crippen LogP contribution in [-0.2, 0) is 4.79 Å². The average Bonchev–Trinajstić information content (AvgIpc) is 2.16. The van der Waals surface area contributed by atoms with E-state index in [0.717, 1.165) is 0 Å². The first-order chi connectivity index (χ1) is 7.26. The van der Waals surface area contributed by atoms with E-state index < -0.39 is 17.9 Å². The molecule has 0 spiro atoms. The average molecular weight is 307 g/mol. The van der Waals surface area contributed by atoms with E-state index in [-0.39, 0.29) is 28.0 Å². The lowest BCUT2D eigenvalue weighted by atomic mass is 10.0. The van der Waals surface area contributed by atoms with Crippen molar-refractivity contribution in [2.75, 3.05) is 0 Å². The Balaban J connectivity index is 0.00000256. The number of halogens is 5. The van der Waals surface area contributed by atoms with E-state index in [0.29, 0.717) is 0 Å². The van der Waals surface area contributed by atoms with Gasteiger partial charge in [0.1, 0.15) is 6.04 Å². The molecule has 1 atom stereocenters. The Labute approximate surface area is 112 Å². The summed E-state index contributed by atoms with van der Waals surface area (Å²) in [6.07, 6.45) is 0. The van der Waals surface area contributed by atoms with Crippen molar-refractivity contribution in [1.82, 2.24) is 0 Å². The van der Waals surface area contributed by atoms with Crippen LogP contribution in [0.4, 0.5) is 8.78 Å². The molecule has 0 amide bonds. The fourth-order valence-electron chi connectivity index (χ4n) is 1.08. The van der Waals surface area contributed by atoms with Crippen LogP contribution in [0.2, 0.25) is 10.0 Å². The normalized spacial score (nSPS) is 12.8. The molecule has 1 rings (SSSR count). The minimum Gasteiger partial charge on any atom is -0.477 e. The van der Waals surface area contributed by atoms with Crippen LogP contribution in [0.5, 0.6) is 0 Å². The molecule has 0 aromatic heterocycles. The third-order valence-corrected chi connectivity index (χ3v) is 2.54. The van der Waals surface area contributed by atoms with Crippen LogP contribution < -0.4 is 5.73 Å². The van der Waals surface area contributed by atoms with Gasteiger partial charge in [0.2, 0.25) is 0 Å². The molecule has 0 saturated carbocycles. The van der Waals surface area contributed by atoms with Crippen molar-refractivity contribution < 1.29 is 18.7 Å². The van der Waals surface area contributed by atoms with Crippen LogP contribution in [0.15, 0.2) is 18.2 Å². The van der Waals surface area contributed by atoms with Crippen molar-refractivity contribution in [2.45, 2.75) is 12.0 Å². The second-order valence-corrected chi connectivity index (χ2v) is 3.92. The molecule has 0 fully saturated rings. The highest BCUT2D eigenvalue weighted by Gasteiger charge is 2.47. The first kappa shape index (κ1) is 16.4. The first-order valence-electron chi connectivity index (χ1n) is 4.08. The Hall–Kier alpha value is -0.620. The van der Waals surface area contributed by atoms with E-state index >= 15 is 0 Å². The smallest absolute Gasteiger partial charge is 0.376 e. The Bertz CT molecular complexity index is 429. The second-order valence-electron chi connectivity index (χ2n) is 3.07. The molecule has 0 radical (unpaired) electrons. The summed E-state index contributed by atoms with van der Waals surface area (Å²) in [7, 11) is 0. The summed E-state index contributed by atoms with van der Waals surface area (Å²) in [5.41, 5.74) is 5.00. The van der Waals surface area contributed by atoms with Gasteiger partial charge in [0.05, 0.1) is 0 Å². The molecule has 0 aliphatic carbocycles. The van der Waals surface area contributed by atoms with E-state index in [1.165, 1.54) is 18.2 Å². The van der Waals surface area contributed by atoms with E-state index in [1.807, 2.05) is 0 Å². The summed E-state index contributed by atoms with van der Waals surface area (Å²) in [5, 5.41) is 8.47. The third kappa shape index (κ3) is 3.42. The van der Waals surface area contributed by atoms with Crippen LogP contribution >= 0.6 is 35.6 Å². The molecule has 3 N–H and O–H groups in total. The highest BCUT2D eigenvalue weighted by Crippen LogP contribution is 2.34. The largest absolute Gasteiger partial charge is 0.477 e. The minimum absolute atomic E-state index is 0. The number of hydrogen-bond donors (Lipinski definition) is 2. The van der Waals surface area contributed by atoms with Gasteiger partial charge >= 0.3 is 11.9 Å². The van der Waals surface area contributed by atoms with Gasteiger partial charge in [-0.15, -0.1) is 12.4 Å². The van der Waals surface area contributed by atoms with Crippen molar-refractivity contribution in [1.29, 1.82) is 0 Å². The number of carboxylic acid groups (broad SMARTS) is 1. The van der Waals surface area contributed by atoms with Crippen molar-refractivity contribution >= 4 is 41.6 Å². The molecule has 0 aliphatic heterocycles. The molecule has 1 aromatic rings. The Morgan fingerprint density at radius 1 is 1.41 bits per heavy atom. The van der Waals surface area contributed by atoms with Crippen molar-refractivity contribution in [3.63, 3.8) is 0 Å². The lowest BCUT2D eigenvalue weighted by Crippen LogP contribution is -2.40. The fourth-order valence-corrected chi connectivity index (χ4v) is 1.61. The SMILES string of the molecule is Cl.N[C@H](c1ccc(Cl)cc1Cl)C(F)(F)C(=O)O. The van der Waals surface area contributed by atoms with Crippen LogP contribution in [0, 0.1) is 0 Å². The van der Waals surface area contributed by atoms with Gasteiger partial charge in [-0.3, -0.25) is 0 Å². The molecule has 0 aliphatic rings. The topological polar surface area (TPSA) is 63.3 Å². The summed E-state index contributed by atoms with van der Waals surface area (Å²) in [4.78, 5) is 10.3. The van der Waals surface area contributed by atoms with E-state index in [9.17, 15) is 13.6 Å².